The quantitative estimate of drug-likeness (QED) is 0.430. The molecular weight excluding hydrogens is 336 g/mol. The van der Waals surface area contributed by atoms with Gasteiger partial charge in [0.15, 0.2) is 17.3 Å². The van der Waals surface area contributed by atoms with Gasteiger partial charge in [-0.15, -0.1) is 0 Å². The van der Waals surface area contributed by atoms with Crippen molar-refractivity contribution >= 4 is 22.8 Å². The van der Waals surface area contributed by atoms with Gasteiger partial charge in [-0.1, -0.05) is 12.1 Å². The summed E-state index contributed by atoms with van der Waals surface area (Å²) in [5, 5.41) is 10.0. The molecule has 0 unspecified atom stereocenters. The van der Waals surface area contributed by atoms with E-state index in [1.54, 1.807) is 18.2 Å². The van der Waals surface area contributed by atoms with Gasteiger partial charge in [-0.2, -0.15) is 0 Å². The molecule has 3 aromatic rings. The molecule has 0 saturated heterocycles. The summed E-state index contributed by atoms with van der Waals surface area (Å²) in [4.78, 5) is 24.5. The number of benzene rings is 2. The number of fused-ring (bicyclic) bond motifs is 1. The second kappa shape index (κ2) is 7.14. The van der Waals surface area contributed by atoms with Gasteiger partial charge in [-0.3, -0.25) is 4.79 Å². The number of phenolic OH excluding ortho intramolecular Hbond substituents is 1. The Hall–Kier alpha value is -3.54. The molecule has 1 N–H and O–H groups in total. The fourth-order valence-electron chi connectivity index (χ4n) is 2.58. The van der Waals surface area contributed by atoms with E-state index in [1.807, 2.05) is 0 Å². The molecule has 26 heavy (non-hydrogen) atoms. The van der Waals surface area contributed by atoms with E-state index < -0.39 is 11.4 Å². The van der Waals surface area contributed by atoms with Crippen LogP contribution in [0, 0.1) is 0 Å². The number of ketones is 1. The van der Waals surface area contributed by atoms with Crippen LogP contribution in [0.15, 0.2) is 57.8 Å². The number of hydrogen-bond acceptors (Lipinski definition) is 6. The van der Waals surface area contributed by atoms with Crippen LogP contribution in [-0.2, 0) is 0 Å². The molecule has 0 radical (unpaired) electrons. The van der Waals surface area contributed by atoms with Crippen molar-refractivity contribution in [1.82, 2.24) is 0 Å². The summed E-state index contributed by atoms with van der Waals surface area (Å²) in [6, 6.07) is 11.0. The third kappa shape index (κ3) is 3.30. The molecule has 0 aliphatic rings. The Labute approximate surface area is 148 Å². The number of methoxy groups -OCH3 is 2. The average Bonchev–Trinajstić information content (AvgIpc) is 2.65. The largest absolute Gasteiger partial charge is 0.508 e. The second-order valence-corrected chi connectivity index (χ2v) is 5.45. The first-order chi connectivity index (χ1) is 12.5. The number of allylic oxidation sites excluding steroid dienone is 1. The second-order valence-electron chi connectivity index (χ2n) is 5.45. The minimum atomic E-state index is -0.740. The molecular formula is C20H16O6. The molecule has 0 saturated carbocycles. The molecule has 1 aromatic heterocycles. The van der Waals surface area contributed by atoms with Gasteiger partial charge < -0.3 is 19.0 Å². The summed E-state index contributed by atoms with van der Waals surface area (Å²) in [5.41, 5.74) is 0.0578. The van der Waals surface area contributed by atoms with Crippen LogP contribution in [-0.4, -0.2) is 25.1 Å². The summed E-state index contributed by atoms with van der Waals surface area (Å²) >= 11 is 0. The fraction of sp³-hybridized carbons (Fsp3) is 0.100. The number of phenols is 1. The molecule has 2 aromatic carbocycles. The maximum Gasteiger partial charge on any atom is 0.347 e. The lowest BCUT2D eigenvalue weighted by Crippen LogP contribution is -2.11. The van der Waals surface area contributed by atoms with Crippen molar-refractivity contribution < 1.29 is 23.8 Å². The first-order valence-corrected chi connectivity index (χ1v) is 7.73. The van der Waals surface area contributed by atoms with Crippen LogP contribution in [0.3, 0.4) is 0 Å². The van der Waals surface area contributed by atoms with Crippen molar-refractivity contribution in [1.29, 1.82) is 0 Å². The highest BCUT2D eigenvalue weighted by atomic mass is 16.5. The monoisotopic (exact) mass is 352 g/mol. The molecule has 0 bridgehead atoms. The highest BCUT2D eigenvalue weighted by Gasteiger charge is 2.13. The van der Waals surface area contributed by atoms with Crippen LogP contribution in [0.25, 0.3) is 17.0 Å². The number of hydrogen-bond donors (Lipinski definition) is 1. The zero-order chi connectivity index (χ0) is 18.7. The summed E-state index contributed by atoms with van der Waals surface area (Å²) in [7, 11) is 3.02. The van der Waals surface area contributed by atoms with E-state index in [2.05, 4.69) is 0 Å². The summed E-state index contributed by atoms with van der Waals surface area (Å²) in [5.74, 6) is 0.507. The molecule has 6 heteroatoms. The maximum absolute atomic E-state index is 12.4. The summed E-state index contributed by atoms with van der Waals surface area (Å²) in [6.07, 6.45) is 2.80. The normalized spacial score (nSPS) is 11.0. The van der Waals surface area contributed by atoms with Gasteiger partial charge in [0.05, 0.1) is 14.2 Å². The van der Waals surface area contributed by atoms with E-state index in [0.717, 1.165) is 0 Å². The number of carbonyl (C=O) groups excluding carboxylic acids is 1. The smallest absolute Gasteiger partial charge is 0.347 e. The molecule has 3 rings (SSSR count). The zero-order valence-corrected chi connectivity index (χ0v) is 14.2. The van der Waals surface area contributed by atoms with Gasteiger partial charge in [-0.25, -0.2) is 4.79 Å². The molecule has 6 nitrogen and oxygen atoms in total. The van der Waals surface area contributed by atoms with Crippen molar-refractivity contribution in [2.24, 2.45) is 0 Å². The Morgan fingerprint density at radius 3 is 2.65 bits per heavy atom. The van der Waals surface area contributed by atoms with E-state index >= 15 is 0 Å². The summed E-state index contributed by atoms with van der Waals surface area (Å²) in [6.45, 7) is 0. The fourth-order valence-corrected chi connectivity index (χ4v) is 2.58. The van der Waals surface area contributed by atoms with E-state index in [4.69, 9.17) is 13.9 Å². The van der Waals surface area contributed by atoms with Gasteiger partial charge in [0.1, 0.15) is 16.9 Å². The predicted octanol–water partition coefficient (Wildman–Crippen LogP) is 3.41. The molecule has 0 atom stereocenters. The number of para-hydroxylation sites is 1. The van der Waals surface area contributed by atoms with Crippen LogP contribution >= 0.6 is 0 Å². The topological polar surface area (TPSA) is 86.0 Å². The first kappa shape index (κ1) is 17.3. The highest BCUT2D eigenvalue weighted by Crippen LogP contribution is 2.31. The van der Waals surface area contributed by atoms with Crippen LogP contribution in [0.4, 0.5) is 0 Å². The van der Waals surface area contributed by atoms with E-state index in [9.17, 15) is 14.7 Å². The number of rotatable bonds is 5. The molecule has 0 aliphatic heterocycles. The maximum atomic E-state index is 12.4. The average molecular weight is 352 g/mol. The minimum absolute atomic E-state index is 0.0152. The number of carbonyl (C=O) groups is 1. The summed E-state index contributed by atoms with van der Waals surface area (Å²) < 4.78 is 15.7. The first-order valence-electron chi connectivity index (χ1n) is 7.73. The van der Waals surface area contributed by atoms with Crippen LogP contribution in [0.2, 0.25) is 0 Å². The molecule has 0 fully saturated rings. The SMILES string of the molecule is COc1cccc(/C=C/C(=O)c2cc3cc(O)ccc3oc2=O)c1OC. The third-order valence-electron chi connectivity index (χ3n) is 3.83. The van der Waals surface area contributed by atoms with Crippen LogP contribution < -0.4 is 15.1 Å². The standard InChI is InChI=1S/C20H16O6/c1-24-18-5-3-4-12(19(18)25-2)6-8-16(22)15-11-13-10-14(21)7-9-17(13)26-20(15)23/h3-11,21H,1-2H3/b8-6+. The Bertz CT molecular complexity index is 1060. The predicted molar refractivity (Wildman–Crippen MR) is 97.1 cm³/mol. The molecule has 0 amide bonds. The minimum Gasteiger partial charge on any atom is -0.508 e. The lowest BCUT2D eigenvalue weighted by atomic mass is 10.1. The van der Waals surface area contributed by atoms with Crippen molar-refractivity contribution in [2.45, 2.75) is 0 Å². The Balaban J connectivity index is 1.98. The van der Waals surface area contributed by atoms with Crippen molar-refractivity contribution in [3.8, 4) is 17.2 Å². The Morgan fingerprint density at radius 1 is 1.12 bits per heavy atom. The van der Waals surface area contributed by atoms with Gasteiger partial charge in [-0.05, 0) is 42.5 Å². The van der Waals surface area contributed by atoms with Gasteiger partial charge >= 0.3 is 5.63 Å². The lowest BCUT2D eigenvalue weighted by Gasteiger charge is -2.09. The van der Waals surface area contributed by atoms with Gasteiger partial charge in [0, 0.05) is 10.9 Å². The molecule has 0 aliphatic carbocycles. The molecule has 132 valence electrons. The molecule has 0 spiro atoms. The van der Waals surface area contributed by atoms with Crippen molar-refractivity contribution in [2.75, 3.05) is 14.2 Å². The number of aromatic hydroxyl groups is 1. The van der Waals surface area contributed by atoms with Crippen LogP contribution in [0.1, 0.15) is 15.9 Å². The van der Waals surface area contributed by atoms with Gasteiger partial charge in [0.2, 0.25) is 0 Å². The number of ether oxygens (including phenoxy) is 2. The van der Waals surface area contributed by atoms with E-state index in [1.165, 1.54) is 50.6 Å². The highest BCUT2D eigenvalue weighted by molar-refractivity contribution is 6.08. The molecule has 1 heterocycles. The zero-order valence-electron chi connectivity index (χ0n) is 14.2. The lowest BCUT2D eigenvalue weighted by molar-refractivity contribution is 0.104. The Kier molecular flexibility index (Phi) is 4.75. The van der Waals surface area contributed by atoms with Crippen molar-refractivity contribution in [3.63, 3.8) is 0 Å². The third-order valence-corrected chi connectivity index (χ3v) is 3.83. The van der Waals surface area contributed by atoms with Crippen LogP contribution in [0.5, 0.6) is 17.2 Å². The van der Waals surface area contributed by atoms with Gasteiger partial charge in [0.25, 0.3) is 0 Å². The van der Waals surface area contributed by atoms with E-state index in [-0.39, 0.29) is 11.3 Å². The Morgan fingerprint density at radius 2 is 1.92 bits per heavy atom. The van der Waals surface area contributed by atoms with Crippen molar-refractivity contribution in [3.05, 3.63) is 70.1 Å². The van der Waals surface area contributed by atoms with E-state index in [0.29, 0.717) is 28.0 Å².